The molecule has 1 aliphatic carbocycles. The highest BCUT2D eigenvalue weighted by Crippen LogP contribution is 2.46. The highest BCUT2D eigenvalue weighted by Gasteiger charge is 2.32. The van der Waals surface area contributed by atoms with E-state index in [1.165, 1.54) is 23.5 Å². The summed E-state index contributed by atoms with van der Waals surface area (Å²) in [6.07, 6.45) is 9.68. The smallest absolute Gasteiger partial charge is 0.209 e. The van der Waals surface area contributed by atoms with Gasteiger partial charge in [0, 0.05) is 46.2 Å². The lowest BCUT2D eigenvalue weighted by molar-refractivity contribution is 0.137. The van der Waals surface area contributed by atoms with Crippen LogP contribution in [0.2, 0.25) is 0 Å². The quantitative estimate of drug-likeness (QED) is 0.182. The molecule has 0 saturated carbocycles. The number of likely N-dealkylation sites (tertiary alicyclic amines) is 1. The third-order valence-electron chi connectivity index (χ3n) is 10.4. The van der Waals surface area contributed by atoms with Gasteiger partial charge in [-0.1, -0.05) is 72.6 Å². The molecule has 0 radical (unpaired) electrons. The summed E-state index contributed by atoms with van der Waals surface area (Å²) in [5.41, 5.74) is 2.37. The van der Waals surface area contributed by atoms with Crippen LogP contribution in [0.4, 0.5) is 8.78 Å². The summed E-state index contributed by atoms with van der Waals surface area (Å²) in [4.78, 5) is 10.2. The van der Waals surface area contributed by atoms with E-state index in [0.29, 0.717) is 57.5 Å². The maximum Gasteiger partial charge on any atom is 0.209 e. The van der Waals surface area contributed by atoms with Crippen molar-refractivity contribution in [1.82, 2.24) is 9.80 Å². The number of allylic oxidation sites excluding steroid dienone is 7. The van der Waals surface area contributed by atoms with Crippen LogP contribution < -0.4 is 0 Å². The van der Waals surface area contributed by atoms with Crippen molar-refractivity contribution < 1.29 is 13.5 Å². The largest absolute Gasteiger partial charge is 0.476 e. The minimum Gasteiger partial charge on any atom is -0.476 e. The molecule has 1 aromatic heterocycles. The second-order valence-corrected chi connectivity index (χ2v) is 16.1. The van der Waals surface area contributed by atoms with Crippen molar-refractivity contribution in [2.24, 2.45) is 16.8 Å². The Kier molecular flexibility index (Phi) is 13.9. The number of rotatable bonds is 14. The van der Waals surface area contributed by atoms with Crippen LogP contribution in [-0.2, 0) is 4.74 Å². The molecule has 1 aliphatic heterocycles. The molecule has 272 valence electrons. The summed E-state index contributed by atoms with van der Waals surface area (Å²) in [5, 5.41) is 10.8. The molecular formula is C41H55ClF2N4OS. The molecule has 3 unspecified atom stereocenters. The number of halogens is 3. The number of benzene rings is 1. The maximum absolute atomic E-state index is 17.5. The van der Waals surface area contributed by atoms with Crippen molar-refractivity contribution in [3.05, 3.63) is 74.1 Å². The highest BCUT2D eigenvalue weighted by molar-refractivity contribution is 7.19. The Morgan fingerprint density at radius 1 is 1.20 bits per heavy atom. The molecule has 0 N–H and O–H groups in total. The molecule has 1 fully saturated rings. The van der Waals surface area contributed by atoms with Crippen LogP contribution >= 0.6 is 22.9 Å². The summed E-state index contributed by atoms with van der Waals surface area (Å²) in [7, 11) is 4.16. The molecule has 2 heterocycles. The Bertz CT molecular complexity index is 1740. The van der Waals surface area contributed by atoms with Gasteiger partial charge in [0.05, 0.1) is 15.3 Å². The monoisotopic (exact) mass is 724 g/mol. The van der Waals surface area contributed by atoms with E-state index in [-0.39, 0.29) is 34.3 Å². The average Bonchev–Trinajstić information content (AvgIpc) is 3.68. The predicted octanol–water partition coefficient (Wildman–Crippen LogP) is 11.7. The number of thiophene rings is 1. The van der Waals surface area contributed by atoms with Gasteiger partial charge in [0.2, 0.25) is 5.88 Å². The lowest BCUT2D eigenvalue weighted by atomic mass is 9.88. The molecule has 0 bridgehead atoms. The second-order valence-electron chi connectivity index (χ2n) is 14.6. The molecule has 0 amide bonds. The number of fused-ring (bicyclic) bond motifs is 1. The first-order valence-electron chi connectivity index (χ1n) is 18.2. The van der Waals surface area contributed by atoms with Gasteiger partial charge in [-0.05, 0) is 94.2 Å². The molecule has 2 aromatic rings. The Morgan fingerprint density at radius 3 is 2.50 bits per heavy atom. The SMILES string of the molecule is CC/C=C(/N=C1/C(F)=C(c2ccc(F)c3sc(C(C)C)c(C#N)c23)C(Cl)=C/C1=C(/C)N(C)C(CCC(C)CC)C(C)C)OCC1CCCN1C. The number of nitrogens with zero attached hydrogens (tertiary/aromatic N) is 4. The summed E-state index contributed by atoms with van der Waals surface area (Å²) < 4.78 is 39.5. The number of hydrogen-bond donors (Lipinski definition) is 0. The lowest BCUT2D eigenvalue weighted by Gasteiger charge is -2.36. The standard InChI is InChI=1S/C41H55ClF2N4OS/c1-11-14-35(49-23-28-15-13-20-47(28)9)46-39-30(27(8)48(10)34(24(3)4)19-16-26(7)12-2)21-32(42)37(38(39)44)29-17-18-33(43)41-36(29)31(22-45)40(50-41)25(5)6/h14,17-18,21,24-26,28,34H,11-13,15-16,19-20,23H2,1-10H3/b30-27+,35-14-,46-39+. The number of nitriles is 1. The number of hydrogen-bond acceptors (Lipinski definition) is 6. The first kappa shape index (κ1) is 39.8. The minimum atomic E-state index is -0.626. The number of likely N-dealkylation sites (N-methyl/N-ethyl adjacent to an activating group) is 1. The van der Waals surface area contributed by atoms with E-state index in [1.807, 2.05) is 33.8 Å². The fourth-order valence-electron chi connectivity index (χ4n) is 7.02. The molecular weight excluding hydrogens is 670 g/mol. The van der Waals surface area contributed by atoms with Gasteiger partial charge >= 0.3 is 0 Å². The third kappa shape index (κ3) is 8.54. The van der Waals surface area contributed by atoms with Crippen LogP contribution in [0.1, 0.15) is 116 Å². The van der Waals surface area contributed by atoms with Gasteiger partial charge in [-0.2, -0.15) is 5.26 Å². The topological polar surface area (TPSA) is 51.9 Å². The Balaban J connectivity index is 1.95. The Morgan fingerprint density at radius 2 is 1.92 bits per heavy atom. The average molecular weight is 725 g/mol. The summed E-state index contributed by atoms with van der Waals surface area (Å²) in [6, 6.07) is 5.63. The van der Waals surface area contributed by atoms with E-state index >= 15 is 8.78 Å². The fraction of sp³-hybridized carbons (Fsp3) is 0.561. The normalized spacial score (nSPS) is 20.6. The predicted molar refractivity (Wildman–Crippen MR) is 208 cm³/mol. The first-order valence-corrected chi connectivity index (χ1v) is 19.4. The maximum atomic E-state index is 17.5. The van der Waals surface area contributed by atoms with Gasteiger partial charge < -0.3 is 14.5 Å². The van der Waals surface area contributed by atoms with Crippen LogP contribution in [-0.4, -0.2) is 54.8 Å². The molecule has 9 heteroatoms. The van der Waals surface area contributed by atoms with Gasteiger partial charge in [-0.3, -0.25) is 0 Å². The van der Waals surface area contributed by atoms with Crippen molar-refractivity contribution in [3.8, 4) is 6.07 Å². The molecule has 4 rings (SSSR count). The molecule has 1 aromatic carbocycles. The van der Waals surface area contributed by atoms with E-state index in [9.17, 15) is 5.26 Å². The van der Waals surface area contributed by atoms with E-state index in [4.69, 9.17) is 21.3 Å². The van der Waals surface area contributed by atoms with Crippen LogP contribution in [0.15, 0.2) is 57.3 Å². The van der Waals surface area contributed by atoms with Crippen molar-refractivity contribution in [1.29, 1.82) is 5.26 Å². The minimum absolute atomic E-state index is 0.0117. The van der Waals surface area contributed by atoms with E-state index in [0.717, 1.165) is 49.2 Å². The molecule has 0 spiro atoms. The van der Waals surface area contributed by atoms with Crippen LogP contribution in [0.5, 0.6) is 0 Å². The van der Waals surface area contributed by atoms with Gasteiger partial charge in [0.1, 0.15) is 24.2 Å². The van der Waals surface area contributed by atoms with Crippen molar-refractivity contribution >= 4 is 44.3 Å². The van der Waals surface area contributed by atoms with E-state index in [1.54, 1.807) is 6.08 Å². The first-order chi connectivity index (χ1) is 23.7. The molecule has 5 nitrogen and oxygen atoms in total. The zero-order valence-electron chi connectivity index (χ0n) is 31.6. The number of ether oxygens (including phenoxy) is 1. The Hall–Kier alpha value is -2.99. The van der Waals surface area contributed by atoms with Crippen LogP contribution in [0.3, 0.4) is 0 Å². The molecule has 1 saturated heterocycles. The zero-order valence-corrected chi connectivity index (χ0v) is 33.2. The van der Waals surface area contributed by atoms with Crippen molar-refractivity contribution in [2.75, 3.05) is 27.2 Å². The molecule has 50 heavy (non-hydrogen) atoms. The summed E-state index contributed by atoms with van der Waals surface area (Å²) in [5.74, 6) is 0.233. The summed E-state index contributed by atoms with van der Waals surface area (Å²) >= 11 is 8.32. The van der Waals surface area contributed by atoms with Crippen molar-refractivity contribution in [3.63, 3.8) is 0 Å². The van der Waals surface area contributed by atoms with Gasteiger partial charge in [-0.15, -0.1) is 11.3 Å². The molecule has 2 aliphatic rings. The lowest BCUT2D eigenvalue weighted by Crippen LogP contribution is -2.36. The highest BCUT2D eigenvalue weighted by atomic mass is 35.5. The van der Waals surface area contributed by atoms with Gasteiger partial charge in [0.25, 0.3) is 0 Å². The summed E-state index contributed by atoms with van der Waals surface area (Å²) in [6.45, 7) is 18.4. The second kappa shape index (κ2) is 17.5. The number of aliphatic imine (C=N–C) groups is 1. The van der Waals surface area contributed by atoms with Crippen LogP contribution in [0.25, 0.3) is 15.7 Å². The fourth-order valence-corrected chi connectivity index (χ4v) is 8.50. The van der Waals surface area contributed by atoms with E-state index < -0.39 is 11.6 Å². The third-order valence-corrected chi connectivity index (χ3v) is 12.2. The van der Waals surface area contributed by atoms with Crippen molar-refractivity contribution in [2.45, 2.75) is 112 Å². The Labute approximate surface area is 308 Å². The molecule has 3 atom stereocenters. The zero-order chi connectivity index (χ0) is 36.9. The van der Waals surface area contributed by atoms with Gasteiger partial charge in [-0.25, -0.2) is 13.8 Å². The van der Waals surface area contributed by atoms with E-state index in [2.05, 4.69) is 57.7 Å². The van der Waals surface area contributed by atoms with Crippen LogP contribution in [0, 0.1) is 29.0 Å². The van der Waals surface area contributed by atoms with Gasteiger partial charge in [0.15, 0.2) is 5.83 Å².